The number of Topliss-reactive ketones (excluding diaryl/α,β-unsaturated/α-hetero) is 1. The molecule has 34 heavy (non-hydrogen) atoms. The highest BCUT2D eigenvalue weighted by molar-refractivity contribution is 6.51. The predicted molar refractivity (Wildman–Crippen MR) is 129 cm³/mol. The van der Waals surface area contributed by atoms with Crippen molar-refractivity contribution in [2.75, 3.05) is 18.6 Å². The Labute approximate surface area is 202 Å². The van der Waals surface area contributed by atoms with Crippen molar-refractivity contribution in [2.24, 2.45) is 0 Å². The van der Waals surface area contributed by atoms with Crippen molar-refractivity contribution in [3.05, 3.63) is 88.2 Å². The first-order valence-electron chi connectivity index (χ1n) is 10.7. The highest BCUT2D eigenvalue weighted by Gasteiger charge is 2.47. The number of aryl methyl sites for hydroxylation is 1. The van der Waals surface area contributed by atoms with E-state index >= 15 is 0 Å². The number of halogens is 1. The summed E-state index contributed by atoms with van der Waals surface area (Å²) in [5, 5.41) is 11.7. The van der Waals surface area contributed by atoms with Gasteiger partial charge < -0.3 is 14.6 Å². The minimum atomic E-state index is -0.884. The van der Waals surface area contributed by atoms with Crippen LogP contribution in [0.4, 0.5) is 5.69 Å². The van der Waals surface area contributed by atoms with Crippen LogP contribution in [0.3, 0.4) is 0 Å². The number of carbonyl (C=O) groups excluding carboxylic acids is 2. The Morgan fingerprint density at radius 1 is 1.12 bits per heavy atom. The zero-order valence-corrected chi connectivity index (χ0v) is 19.7. The van der Waals surface area contributed by atoms with Crippen molar-refractivity contribution in [1.82, 2.24) is 4.98 Å². The van der Waals surface area contributed by atoms with Gasteiger partial charge in [0.1, 0.15) is 17.3 Å². The molecule has 8 heteroatoms. The van der Waals surface area contributed by atoms with Crippen LogP contribution in [0.2, 0.25) is 5.02 Å². The standard InChI is InChI=1S/C26H23ClN2O5/c1-4-34-18-7-5-17(6-8-18)29-22(16-9-11-28-12-10-16)21(24(31)26(29)32)23(30)19-13-15(2)14-20(27)25(19)33-3/h5-14,22,30H,4H2,1-3H3/b23-21+. The van der Waals surface area contributed by atoms with Crippen LogP contribution >= 0.6 is 11.6 Å². The number of aliphatic hydroxyl groups excluding tert-OH is 1. The van der Waals surface area contributed by atoms with E-state index in [9.17, 15) is 14.7 Å². The molecule has 1 amide bonds. The number of methoxy groups -OCH3 is 1. The molecule has 2 heterocycles. The summed E-state index contributed by atoms with van der Waals surface area (Å²) in [4.78, 5) is 32.0. The van der Waals surface area contributed by atoms with Gasteiger partial charge in [-0.25, -0.2) is 0 Å². The number of amides is 1. The van der Waals surface area contributed by atoms with E-state index in [-0.39, 0.29) is 27.7 Å². The monoisotopic (exact) mass is 478 g/mol. The summed E-state index contributed by atoms with van der Waals surface area (Å²) in [6.45, 7) is 4.18. The molecule has 2 aromatic carbocycles. The minimum Gasteiger partial charge on any atom is -0.507 e. The predicted octanol–water partition coefficient (Wildman–Crippen LogP) is 5.08. The second kappa shape index (κ2) is 9.57. The number of nitrogens with zero attached hydrogens (tertiary/aromatic N) is 2. The number of ketones is 1. The number of anilines is 1. The van der Waals surface area contributed by atoms with E-state index in [0.29, 0.717) is 23.6 Å². The molecule has 0 spiro atoms. The number of aromatic nitrogens is 1. The summed E-state index contributed by atoms with van der Waals surface area (Å²) in [5.74, 6) is -1.08. The van der Waals surface area contributed by atoms with E-state index in [1.165, 1.54) is 12.0 Å². The van der Waals surface area contributed by atoms with Gasteiger partial charge in [0.05, 0.1) is 35.9 Å². The first-order valence-corrected chi connectivity index (χ1v) is 11.0. The lowest BCUT2D eigenvalue weighted by Gasteiger charge is -2.25. The Morgan fingerprint density at radius 2 is 1.79 bits per heavy atom. The van der Waals surface area contributed by atoms with E-state index < -0.39 is 17.7 Å². The van der Waals surface area contributed by atoms with Crippen molar-refractivity contribution in [3.8, 4) is 11.5 Å². The second-order valence-corrected chi connectivity index (χ2v) is 8.11. The second-order valence-electron chi connectivity index (χ2n) is 7.70. The zero-order valence-electron chi connectivity index (χ0n) is 18.9. The van der Waals surface area contributed by atoms with Crippen LogP contribution in [0, 0.1) is 6.92 Å². The number of pyridine rings is 1. The molecular weight excluding hydrogens is 456 g/mol. The number of hydrogen-bond acceptors (Lipinski definition) is 6. The first kappa shape index (κ1) is 23.3. The maximum atomic E-state index is 13.3. The largest absolute Gasteiger partial charge is 0.507 e. The van der Waals surface area contributed by atoms with Crippen molar-refractivity contribution >= 4 is 34.7 Å². The molecule has 1 aromatic heterocycles. The Hall–Kier alpha value is -3.84. The maximum Gasteiger partial charge on any atom is 0.300 e. The summed E-state index contributed by atoms with van der Waals surface area (Å²) >= 11 is 6.33. The molecule has 1 saturated heterocycles. The summed E-state index contributed by atoms with van der Waals surface area (Å²) in [6, 6.07) is 12.7. The van der Waals surface area contributed by atoms with Gasteiger partial charge in [-0.05, 0) is 73.5 Å². The minimum absolute atomic E-state index is 0.0648. The van der Waals surface area contributed by atoms with Crippen molar-refractivity contribution in [2.45, 2.75) is 19.9 Å². The highest BCUT2D eigenvalue weighted by atomic mass is 35.5. The third-order valence-electron chi connectivity index (χ3n) is 5.54. The smallest absolute Gasteiger partial charge is 0.300 e. The number of benzene rings is 2. The molecule has 7 nitrogen and oxygen atoms in total. The molecule has 1 N–H and O–H groups in total. The lowest BCUT2D eigenvalue weighted by atomic mass is 9.95. The molecule has 3 aromatic rings. The average Bonchev–Trinajstić information content (AvgIpc) is 3.10. The highest BCUT2D eigenvalue weighted by Crippen LogP contribution is 2.44. The average molecular weight is 479 g/mol. The molecule has 1 atom stereocenters. The Kier molecular flexibility index (Phi) is 6.56. The SMILES string of the molecule is CCOc1ccc(N2C(=O)C(=O)/C(=C(/O)c3cc(C)cc(Cl)c3OC)C2c2ccncc2)cc1. The Balaban J connectivity index is 1.94. The number of rotatable bonds is 6. The normalized spacial score (nSPS) is 17.2. The Bertz CT molecular complexity index is 1270. The van der Waals surface area contributed by atoms with Crippen molar-refractivity contribution in [1.29, 1.82) is 0 Å². The van der Waals surface area contributed by atoms with E-state index in [4.69, 9.17) is 21.1 Å². The van der Waals surface area contributed by atoms with Crippen LogP contribution in [0.1, 0.15) is 29.7 Å². The van der Waals surface area contributed by atoms with Gasteiger partial charge >= 0.3 is 0 Å². The van der Waals surface area contributed by atoms with E-state index in [2.05, 4.69) is 4.98 Å². The van der Waals surface area contributed by atoms with Crippen LogP contribution in [0.25, 0.3) is 5.76 Å². The molecule has 174 valence electrons. The molecule has 1 unspecified atom stereocenters. The molecule has 0 saturated carbocycles. The number of hydrogen-bond donors (Lipinski definition) is 1. The molecule has 1 aliphatic rings. The van der Waals surface area contributed by atoms with Gasteiger partial charge in [-0.2, -0.15) is 0 Å². The van der Waals surface area contributed by atoms with Gasteiger partial charge in [0.25, 0.3) is 11.7 Å². The van der Waals surface area contributed by atoms with Crippen molar-refractivity contribution in [3.63, 3.8) is 0 Å². The summed E-state index contributed by atoms with van der Waals surface area (Å²) in [7, 11) is 1.42. The van der Waals surface area contributed by atoms with E-state index in [1.807, 2.05) is 6.92 Å². The van der Waals surface area contributed by atoms with Crippen molar-refractivity contribution < 1.29 is 24.2 Å². The van der Waals surface area contributed by atoms with Crippen LogP contribution in [-0.2, 0) is 9.59 Å². The number of ether oxygens (including phenoxy) is 2. The van der Waals surface area contributed by atoms with Gasteiger partial charge in [-0.15, -0.1) is 0 Å². The van der Waals surface area contributed by atoms with E-state index in [1.54, 1.807) is 67.8 Å². The lowest BCUT2D eigenvalue weighted by Crippen LogP contribution is -2.29. The van der Waals surface area contributed by atoms with Crippen LogP contribution in [0.5, 0.6) is 11.5 Å². The van der Waals surface area contributed by atoms with E-state index in [0.717, 1.165) is 5.56 Å². The third-order valence-corrected chi connectivity index (χ3v) is 5.82. The fraction of sp³-hybridized carbons (Fsp3) is 0.192. The molecule has 0 bridgehead atoms. The third kappa shape index (κ3) is 4.10. The fourth-order valence-corrected chi connectivity index (χ4v) is 4.44. The maximum absolute atomic E-state index is 13.3. The van der Waals surface area contributed by atoms with Gasteiger partial charge in [0.2, 0.25) is 0 Å². The van der Waals surface area contributed by atoms with Gasteiger partial charge in [0, 0.05) is 18.1 Å². The summed E-state index contributed by atoms with van der Waals surface area (Å²) in [5.41, 5.74) is 2.03. The number of aliphatic hydroxyl groups is 1. The van der Waals surface area contributed by atoms with Gasteiger partial charge in [-0.3, -0.25) is 19.5 Å². The van der Waals surface area contributed by atoms with Crippen LogP contribution in [0.15, 0.2) is 66.5 Å². The molecule has 0 aliphatic carbocycles. The molecule has 4 rings (SSSR count). The molecule has 1 aliphatic heterocycles. The van der Waals surface area contributed by atoms with Gasteiger partial charge in [0.15, 0.2) is 0 Å². The number of carbonyl (C=O) groups is 2. The summed E-state index contributed by atoms with van der Waals surface area (Å²) in [6.07, 6.45) is 3.13. The summed E-state index contributed by atoms with van der Waals surface area (Å²) < 4.78 is 10.9. The topological polar surface area (TPSA) is 89.0 Å². The van der Waals surface area contributed by atoms with Gasteiger partial charge in [-0.1, -0.05) is 11.6 Å². The fourth-order valence-electron chi connectivity index (χ4n) is 4.09. The van der Waals surface area contributed by atoms with Crippen LogP contribution in [-0.4, -0.2) is 35.5 Å². The quantitative estimate of drug-likeness (QED) is 0.302. The Morgan fingerprint density at radius 3 is 2.41 bits per heavy atom. The first-order chi connectivity index (χ1) is 16.4. The molecule has 0 radical (unpaired) electrons. The lowest BCUT2D eigenvalue weighted by molar-refractivity contribution is -0.132. The molecule has 1 fully saturated rings. The zero-order chi connectivity index (χ0) is 24.4. The van der Waals surface area contributed by atoms with Crippen LogP contribution < -0.4 is 14.4 Å². The molecular formula is C26H23ClN2O5.